The molecule has 0 aliphatic rings. The fraction of sp³-hybridized carbons (Fsp3) is 0.583. The van der Waals surface area contributed by atoms with Crippen molar-refractivity contribution in [1.82, 2.24) is 16.0 Å². The summed E-state index contributed by atoms with van der Waals surface area (Å²) in [7, 11) is 0. The summed E-state index contributed by atoms with van der Waals surface area (Å²) in [4.78, 5) is 23.8. The third kappa shape index (κ3) is 15.2. The normalized spacial score (nSPS) is 11.3. The summed E-state index contributed by atoms with van der Waals surface area (Å²) in [6.45, 7) is 7.70. The van der Waals surface area contributed by atoms with Gasteiger partial charge in [0.05, 0.1) is 19.8 Å². The van der Waals surface area contributed by atoms with Crippen LogP contribution >= 0.6 is 0 Å². The minimum atomic E-state index is -0.678. The first kappa shape index (κ1) is 29.4. The lowest BCUT2D eigenvalue weighted by Gasteiger charge is -2.15. The Kier molecular flexibility index (Phi) is 17.1. The molecular weight excluding hydrogens is 440 g/mol. The summed E-state index contributed by atoms with van der Waals surface area (Å²) in [5.41, 5.74) is 6.39. The van der Waals surface area contributed by atoms with Crippen LogP contribution in [0.4, 0.5) is 0 Å². The molecule has 0 saturated heterocycles. The van der Waals surface area contributed by atoms with E-state index in [9.17, 15) is 9.59 Å². The van der Waals surface area contributed by atoms with Gasteiger partial charge in [-0.25, -0.2) is 0 Å². The van der Waals surface area contributed by atoms with Gasteiger partial charge >= 0.3 is 0 Å². The highest BCUT2D eigenvalue weighted by Crippen LogP contribution is 2.13. The van der Waals surface area contributed by atoms with Gasteiger partial charge in [0.25, 0.3) is 5.91 Å². The van der Waals surface area contributed by atoms with Crippen LogP contribution in [-0.2, 0) is 19.0 Å². The van der Waals surface area contributed by atoms with Crippen LogP contribution in [0, 0.1) is 11.8 Å². The molecule has 5 N–H and O–H groups in total. The molecule has 0 bridgehead atoms. The predicted molar refractivity (Wildman–Crippen MR) is 129 cm³/mol. The van der Waals surface area contributed by atoms with Crippen LogP contribution < -0.4 is 26.4 Å². The smallest absolute Gasteiger partial charge is 0.251 e. The molecule has 1 aromatic carbocycles. The summed E-state index contributed by atoms with van der Waals surface area (Å²) in [6.07, 6.45) is 0.119. The maximum atomic E-state index is 12.2. The number of nitrogens with one attached hydrogen (secondary N) is 3. The van der Waals surface area contributed by atoms with Crippen molar-refractivity contribution in [2.75, 3.05) is 65.8 Å². The molecule has 0 radical (unpaired) electrons. The van der Waals surface area contributed by atoms with E-state index in [0.717, 1.165) is 13.0 Å². The fourth-order valence-corrected chi connectivity index (χ4v) is 2.53. The van der Waals surface area contributed by atoms with Gasteiger partial charge in [0.2, 0.25) is 5.91 Å². The summed E-state index contributed by atoms with van der Waals surface area (Å²) >= 11 is 0. The Balaban J connectivity index is 2.11. The number of benzene rings is 1. The fourth-order valence-electron chi connectivity index (χ4n) is 2.53. The van der Waals surface area contributed by atoms with E-state index in [1.807, 2.05) is 13.8 Å². The highest BCUT2D eigenvalue weighted by molar-refractivity contribution is 5.94. The van der Waals surface area contributed by atoms with Gasteiger partial charge in [-0.2, -0.15) is 0 Å². The molecule has 190 valence electrons. The Morgan fingerprint density at radius 1 is 1.03 bits per heavy atom. The molecule has 10 nitrogen and oxygen atoms in total. The second-order valence-corrected chi connectivity index (χ2v) is 7.02. The number of carbonyl (C=O) groups excluding carboxylic acids is 2. The first-order chi connectivity index (χ1) is 16.6. The van der Waals surface area contributed by atoms with Crippen molar-refractivity contribution in [3.05, 3.63) is 29.8 Å². The van der Waals surface area contributed by atoms with Crippen LogP contribution in [0.25, 0.3) is 0 Å². The van der Waals surface area contributed by atoms with Crippen LogP contribution in [0.3, 0.4) is 0 Å². The molecule has 0 aliphatic carbocycles. The van der Waals surface area contributed by atoms with Crippen molar-refractivity contribution in [2.24, 2.45) is 5.73 Å². The molecule has 1 atom stereocenters. The van der Waals surface area contributed by atoms with Crippen LogP contribution in [0.1, 0.15) is 30.6 Å². The molecule has 0 saturated carbocycles. The van der Waals surface area contributed by atoms with Gasteiger partial charge in [-0.1, -0.05) is 25.8 Å². The lowest BCUT2D eigenvalue weighted by molar-refractivity contribution is -0.126. The van der Waals surface area contributed by atoms with Gasteiger partial charge in [-0.05, 0) is 24.7 Å². The van der Waals surface area contributed by atoms with Crippen molar-refractivity contribution >= 4 is 11.8 Å². The molecular formula is C24H38N4O6. The van der Waals surface area contributed by atoms with Crippen molar-refractivity contribution in [2.45, 2.75) is 26.5 Å². The van der Waals surface area contributed by atoms with Gasteiger partial charge in [-0.3, -0.25) is 9.59 Å². The second kappa shape index (κ2) is 19.8. The summed E-state index contributed by atoms with van der Waals surface area (Å²) in [5, 5.41) is 8.67. The van der Waals surface area contributed by atoms with Crippen LogP contribution in [0.5, 0.6) is 5.75 Å². The third-order valence-corrected chi connectivity index (χ3v) is 4.19. The first-order valence-corrected chi connectivity index (χ1v) is 11.5. The number of hydrogen-bond donors (Lipinski definition) is 4. The molecule has 2 amide bonds. The van der Waals surface area contributed by atoms with E-state index in [1.54, 1.807) is 24.3 Å². The average molecular weight is 479 g/mol. The van der Waals surface area contributed by atoms with Crippen molar-refractivity contribution in [1.29, 1.82) is 0 Å². The van der Waals surface area contributed by atoms with Gasteiger partial charge in [0.15, 0.2) is 0 Å². The molecule has 0 heterocycles. The standard InChI is InChI=1S/C24H38N4O6/c1-3-5-6-13-31-14-12-27-23(29)19-32-15-16-33-22(25)18-34-21-9-7-8-20(17-21)24(30)28-11-10-26-4-2/h7-9,17,22,26H,3-4,10-16,18-19,25H2,1-2H3,(H,27,29)(H,28,30). The minimum absolute atomic E-state index is 0.0753. The Bertz CT molecular complexity index is 765. The number of likely N-dealkylation sites (N-methyl/N-ethyl adjacent to an activating group) is 1. The average Bonchev–Trinajstić information content (AvgIpc) is 2.84. The Morgan fingerprint density at radius 2 is 1.88 bits per heavy atom. The maximum Gasteiger partial charge on any atom is 0.251 e. The zero-order chi connectivity index (χ0) is 24.9. The monoisotopic (exact) mass is 478 g/mol. The van der Waals surface area contributed by atoms with Crippen LogP contribution in [0.15, 0.2) is 24.3 Å². The first-order valence-electron chi connectivity index (χ1n) is 11.5. The Morgan fingerprint density at radius 3 is 2.68 bits per heavy atom. The number of ether oxygens (including phenoxy) is 4. The summed E-state index contributed by atoms with van der Waals surface area (Å²) in [6, 6.07) is 6.86. The van der Waals surface area contributed by atoms with E-state index in [1.165, 1.54) is 0 Å². The summed E-state index contributed by atoms with van der Waals surface area (Å²) in [5.74, 6) is 5.87. The van der Waals surface area contributed by atoms with Gasteiger partial charge in [0.1, 0.15) is 31.8 Å². The zero-order valence-electron chi connectivity index (χ0n) is 20.2. The van der Waals surface area contributed by atoms with Crippen LogP contribution in [-0.4, -0.2) is 83.9 Å². The molecule has 1 aromatic rings. The highest BCUT2D eigenvalue weighted by atomic mass is 16.6. The number of amides is 2. The van der Waals surface area contributed by atoms with E-state index in [2.05, 4.69) is 27.8 Å². The van der Waals surface area contributed by atoms with Crippen molar-refractivity contribution in [3.63, 3.8) is 0 Å². The number of rotatable bonds is 18. The van der Waals surface area contributed by atoms with Crippen molar-refractivity contribution in [3.8, 4) is 17.6 Å². The molecule has 34 heavy (non-hydrogen) atoms. The largest absolute Gasteiger partial charge is 0.489 e. The second-order valence-electron chi connectivity index (χ2n) is 7.02. The molecule has 10 heteroatoms. The molecule has 1 unspecified atom stereocenters. The SMILES string of the molecule is CCC#CCOCCNC(=O)COCCOC(N)COc1cccc(C(=O)NCCNCC)c1. The zero-order valence-corrected chi connectivity index (χ0v) is 20.2. The number of hydrogen-bond acceptors (Lipinski definition) is 8. The number of carbonyl (C=O) groups is 2. The lowest BCUT2D eigenvalue weighted by Crippen LogP contribution is -2.33. The van der Waals surface area contributed by atoms with Gasteiger partial charge in [0, 0.05) is 31.6 Å². The molecule has 0 fully saturated rings. The van der Waals surface area contributed by atoms with E-state index in [0.29, 0.717) is 44.2 Å². The number of nitrogens with two attached hydrogens (primary N) is 1. The maximum absolute atomic E-state index is 12.2. The molecule has 0 spiro atoms. The highest BCUT2D eigenvalue weighted by Gasteiger charge is 2.08. The lowest BCUT2D eigenvalue weighted by atomic mass is 10.2. The van der Waals surface area contributed by atoms with E-state index in [4.69, 9.17) is 24.7 Å². The summed E-state index contributed by atoms with van der Waals surface area (Å²) < 4.78 is 21.6. The van der Waals surface area contributed by atoms with Crippen LogP contribution in [0.2, 0.25) is 0 Å². The Labute approximate surface area is 202 Å². The minimum Gasteiger partial charge on any atom is -0.489 e. The van der Waals surface area contributed by atoms with Gasteiger partial charge < -0.3 is 40.6 Å². The van der Waals surface area contributed by atoms with E-state index < -0.39 is 6.23 Å². The van der Waals surface area contributed by atoms with E-state index >= 15 is 0 Å². The topological polar surface area (TPSA) is 133 Å². The van der Waals surface area contributed by atoms with E-state index in [-0.39, 0.29) is 38.2 Å². The predicted octanol–water partition coefficient (Wildman–Crippen LogP) is 0.269. The molecule has 0 aliphatic heterocycles. The van der Waals surface area contributed by atoms with Crippen molar-refractivity contribution < 1.29 is 28.5 Å². The third-order valence-electron chi connectivity index (χ3n) is 4.19. The quantitative estimate of drug-likeness (QED) is 0.134. The molecule has 0 aromatic heterocycles. The molecule has 1 rings (SSSR count). The Hall–Kier alpha value is -2.68. The van der Waals surface area contributed by atoms with Gasteiger partial charge in [-0.15, -0.1) is 5.92 Å².